The number of ether oxygens (including phenoxy) is 2. The van der Waals surface area contributed by atoms with Crippen molar-refractivity contribution in [3.05, 3.63) is 33.2 Å². The van der Waals surface area contributed by atoms with Crippen molar-refractivity contribution < 1.29 is 9.47 Å². The first kappa shape index (κ1) is 17.1. The highest BCUT2D eigenvalue weighted by Gasteiger charge is 2.11. The van der Waals surface area contributed by atoms with Gasteiger partial charge in [0.1, 0.15) is 6.07 Å². The van der Waals surface area contributed by atoms with Gasteiger partial charge in [-0.05, 0) is 54.1 Å². The lowest BCUT2D eigenvalue weighted by molar-refractivity contribution is 0.297. The summed E-state index contributed by atoms with van der Waals surface area (Å²) in [4.78, 5) is 4.09. The predicted octanol–water partition coefficient (Wildman–Crippen LogP) is 2.56. The fourth-order valence-corrected chi connectivity index (χ4v) is 2.68. The Balaban J connectivity index is 2.32. The minimum atomic E-state index is -0.0334. The Bertz CT molecular complexity index is 764. The van der Waals surface area contributed by atoms with E-state index in [0.29, 0.717) is 24.1 Å². The lowest BCUT2D eigenvalue weighted by atomic mass is 10.2. The summed E-state index contributed by atoms with van der Waals surface area (Å²) in [6.07, 6.45) is 3.40. The summed E-state index contributed by atoms with van der Waals surface area (Å²) >= 11 is 2.14. The van der Waals surface area contributed by atoms with E-state index in [1.165, 1.54) is 4.68 Å². The smallest absolute Gasteiger partial charge is 0.221 e. The molecule has 1 heterocycles. The van der Waals surface area contributed by atoms with E-state index >= 15 is 0 Å². The first-order chi connectivity index (χ1) is 11.0. The third kappa shape index (κ3) is 4.35. The number of rotatable bonds is 6. The number of aryl methyl sites for hydroxylation is 1. The molecule has 23 heavy (non-hydrogen) atoms. The van der Waals surface area contributed by atoms with Crippen molar-refractivity contribution in [2.24, 2.45) is 5.10 Å². The molecule has 8 heteroatoms. The summed E-state index contributed by atoms with van der Waals surface area (Å²) in [5, 5.41) is 13.0. The van der Waals surface area contributed by atoms with Crippen LogP contribution in [-0.4, -0.2) is 29.1 Å². The second-order valence-electron chi connectivity index (χ2n) is 4.54. The molecule has 2 N–H and O–H groups in total. The summed E-state index contributed by atoms with van der Waals surface area (Å²) in [7, 11) is 0. The first-order valence-electron chi connectivity index (χ1n) is 6.87. The van der Waals surface area contributed by atoms with Gasteiger partial charge in [-0.25, -0.2) is 9.66 Å². The number of nitrogens with zero attached hydrogens (tertiary/aromatic N) is 4. The summed E-state index contributed by atoms with van der Waals surface area (Å²) in [5.74, 6) is 1.46. The number of aromatic nitrogens is 2. The molecule has 2 aromatic rings. The summed E-state index contributed by atoms with van der Waals surface area (Å²) in [6.45, 7) is 4.19. The van der Waals surface area contributed by atoms with Gasteiger partial charge < -0.3 is 15.2 Å². The molecule has 0 saturated heterocycles. The molecule has 0 radical (unpaired) electrons. The largest absolute Gasteiger partial charge is 0.490 e. The number of hydrogen-bond acceptors (Lipinski definition) is 6. The molecule has 0 amide bonds. The third-order valence-electron chi connectivity index (χ3n) is 2.78. The zero-order valence-corrected chi connectivity index (χ0v) is 14.9. The topological polar surface area (TPSA) is 98.4 Å². The van der Waals surface area contributed by atoms with Crippen molar-refractivity contribution in [3.8, 4) is 17.6 Å². The fourth-order valence-electron chi connectivity index (χ4n) is 1.90. The van der Waals surface area contributed by atoms with Crippen molar-refractivity contribution in [2.75, 3.05) is 18.9 Å². The van der Waals surface area contributed by atoms with Crippen LogP contribution in [0.4, 0.5) is 5.95 Å². The second-order valence-corrected chi connectivity index (χ2v) is 5.70. The van der Waals surface area contributed by atoms with Gasteiger partial charge >= 0.3 is 0 Å². The van der Waals surface area contributed by atoms with Gasteiger partial charge in [0.15, 0.2) is 18.1 Å². The van der Waals surface area contributed by atoms with Gasteiger partial charge in [0, 0.05) is 0 Å². The van der Waals surface area contributed by atoms with Crippen LogP contribution in [0.1, 0.15) is 18.2 Å². The Hall–Kier alpha value is -2.28. The number of hydrogen-bond donors (Lipinski definition) is 1. The molecule has 0 aliphatic rings. The summed E-state index contributed by atoms with van der Waals surface area (Å²) in [5.41, 5.74) is 7.38. The SMILES string of the molecule is CCOc1cc(C=Nn2cc(C)nc2N)cc(I)c1OCC#N. The number of nitrogen functional groups attached to an aromatic ring is 1. The molecule has 0 bridgehead atoms. The molecule has 0 saturated carbocycles. The van der Waals surface area contributed by atoms with Crippen LogP contribution < -0.4 is 15.2 Å². The Morgan fingerprint density at radius 2 is 2.26 bits per heavy atom. The molecule has 0 unspecified atom stereocenters. The predicted molar refractivity (Wildman–Crippen MR) is 95.8 cm³/mol. The van der Waals surface area contributed by atoms with E-state index in [0.717, 1.165) is 14.8 Å². The van der Waals surface area contributed by atoms with Crippen molar-refractivity contribution in [1.82, 2.24) is 9.66 Å². The minimum absolute atomic E-state index is 0.0334. The van der Waals surface area contributed by atoms with Gasteiger partial charge in [-0.15, -0.1) is 0 Å². The molecule has 1 aromatic carbocycles. The number of nitrogens with two attached hydrogens (primary N) is 1. The molecule has 1 aromatic heterocycles. The number of halogens is 1. The van der Waals surface area contributed by atoms with E-state index in [4.69, 9.17) is 20.5 Å². The van der Waals surface area contributed by atoms with E-state index in [2.05, 4.69) is 32.7 Å². The van der Waals surface area contributed by atoms with Crippen LogP contribution in [0.2, 0.25) is 0 Å². The monoisotopic (exact) mass is 425 g/mol. The van der Waals surface area contributed by atoms with Crippen molar-refractivity contribution in [1.29, 1.82) is 5.26 Å². The standard InChI is InChI=1S/C15H16IN5O2/c1-3-22-13-7-11(6-12(16)14(13)23-5-4-17)8-19-21-9-10(2)20-15(21)18/h6-9H,3,5H2,1-2H3,(H2,18,20). The van der Waals surface area contributed by atoms with Crippen LogP contribution >= 0.6 is 22.6 Å². The molecular formula is C15H16IN5O2. The van der Waals surface area contributed by atoms with E-state index in [1.54, 1.807) is 12.4 Å². The van der Waals surface area contributed by atoms with Crippen molar-refractivity contribution in [2.45, 2.75) is 13.8 Å². The van der Waals surface area contributed by atoms with E-state index in [-0.39, 0.29) is 6.61 Å². The highest BCUT2D eigenvalue weighted by molar-refractivity contribution is 14.1. The van der Waals surface area contributed by atoms with Crippen molar-refractivity contribution in [3.63, 3.8) is 0 Å². The maximum Gasteiger partial charge on any atom is 0.221 e. The highest BCUT2D eigenvalue weighted by atomic mass is 127. The molecule has 0 atom stereocenters. The lowest BCUT2D eigenvalue weighted by Crippen LogP contribution is -2.02. The van der Waals surface area contributed by atoms with Gasteiger partial charge in [0.25, 0.3) is 0 Å². The number of nitriles is 1. The highest BCUT2D eigenvalue weighted by Crippen LogP contribution is 2.33. The summed E-state index contributed by atoms with van der Waals surface area (Å²) < 4.78 is 13.4. The maximum absolute atomic E-state index is 8.67. The zero-order valence-electron chi connectivity index (χ0n) is 12.8. The molecule has 0 aliphatic carbocycles. The third-order valence-corrected chi connectivity index (χ3v) is 3.58. The molecule has 0 fully saturated rings. The average molecular weight is 425 g/mol. The van der Waals surface area contributed by atoms with Crippen LogP contribution in [0.15, 0.2) is 23.4 Å². The zero-order chi connectivity index (χ0) is 16.8. The van der Waals surface area contributed by atoms with Crippen LogP contribution in [-0.2, 0) is 0 Å². The molecule has 2 rings (SSSR count). The molecule has 0 aliphatic heterocycles. The Labute approximate surface area is 147 Å². The van der Waals surface area contributed by atoms with Gasteiger partial charge in [0.2, 0.25) is 5.95 Å². The Kier molecular flexibility index (Phi) is 5.81. The van der Waals surface area contributed by atoms with E-state index in [1.807, 2.05) is 32.0 Å². The van der Waals surface area contributed by atoms with E-state index < -0.39 is 0 Å². The van der Waals surface area contributed by atoms with Crippen LogP contribution in [0.25, 0.3) is 0 Å². The molecule has 7 nitrogen and oxygen atoms in total. The fraction of sp³-hybridized carbons (Fsp3) is 0.267. The normalized spacial score (nSPS) is 10.7. The maximum atomic E-state index is 8.67. The van der Waals surface area contributed by atoms with Crippen LogP contribution in [0.5, 0.6) is 11.5 Å². The molecule has 0 spiro atoms. The van der Waals surface area contributed by atoms with Gasteiger partial charge in [-0.1, -0.05) is 0 Å². The number of anilines is 1. The molecular weight excluding hydrogens is 409 g/mol. The molecule has 120 valence electrons. The quantitative estimate of drug-likeness (QED) is 0.567. The van der Waals surface area contributed by atoms with Gasteiger partial charge in [0.05, 0.1) is 28.3 Å². The van der Waals surface area contributed by atoms with E-state index in [9.17, 15) is 0 Å². The van der Waals surface area contributed by atoms with Crippen LogP contribution in [0.3, 0.4) is 0 Å². The van der Waals surface area contributed by atoms with Crippen LogP contribution in [0, 0.1) is 21.8 Å². The second kappa shape index (κ2) is 7.82. The van der Waals surface area contributed by atoms with Gasteiger partial charge in [-0.2, -0.15) is 10.4 Å². The summed E-state index contributed by atoms with van der Waals surface area (Å²) in [6, 6.07) is 5.65. The van der Waals surface area contributed by atoms with Crippen molar-refractivity contribution >= 4 is 34.8 Å². The minimum Gasteiger partial charge on any atom is -0.490 e. The Morgan fingerprint density at radius 1 is 1.48 bits per heavy atom. The first-order valence-corrected chi connectivity index (χ1v) is 7.95. The number of benzene rings is 1. The van der Waals surface area contributed by atoms with Gasteiger partial charge in [-0.3, -0.25) is 0 Å². The lowest BCUT2D eigenvalue weighted by Gasteiger charge is -2.12. The number of imidazole rings is 1. The average Bonchev–Trinajstić information content (AvgIpc) is 2.82. The Morgan fingerprint density at radius 3 is 2.87 bits per heavy atom.